The van der Waals surface area contributed by atoms with Gasteiger partial charge in [-0.25, -0.2) is 4.99 Å². The van der Waals surface area contributed by atoms with Gasteiger partial charge in [-0.15, -0.1) is 24.0 Å². The number of nitrogens with two attached hydrogens (primary N) is 1. The van der Waals surface area contributed by atoms with Gasteiger partial charge in [0.25, 0.3) is 0 Å². The summed E-state index contributed by atoms with van der Waals surface area (Å²) in [5.41, 5.74) is 6.68. The van der Waals surface area contributed by atoms with E-state index in [2.05, 4.69) is 15.6 Å². The fourth-order valence-corrected chi connectivity index (χ4v) is 1.89. The lowest BCUT2D eigenvalue weighted by molar-refractivity contribution is -0.120. The Morgan fingerprint density at radius 1 is 1.30 bits per heavy atom. The lowest BCUT2D eigenvalue weighted by Crippen LogP contribution is -2.41. The highest BCUT2D eigenvalue weighted by atomic mass is 127. The van der Waals surface area contributed by atoms with Gasteiger partial charge in [-0.3, -0.25) is 4.79 Å². The van der Waals surface area contributed by atoms with Crippen molar-refractivity contribution in [2.75, 3.05) is 20.8 Å². The van der Waals surface area contributed by atoms with Gasteiger partial charge in [-0.05, 0) is 30.5 Å². The first kappa shape index (κ1) is 19.3. The Hall–Kier alpha value is -1.71. The molecule has 0 unspecified atom stereocenters. The van der Waals surface area contributed by atoms with Crippen molar-refractivity contribution in [2.45, 2.75) is 25.4 Å². The minimum absolute atomic E-state index is 0. The van der Waals surface area contributed by atoms with Gasteiger partial charge in [0.05, 0.1) is 27.3 Å². The van der Waals surface area contributed by atoms with Gasteiger partial charge in [0.1, 0.15) is 0 Å². The van der Waals surface area contributed by atoms with Crippen LogP contribution in [0.2, 0.25) is 0 Å². The minimum atomic E-state index is -0.0632. The Labute approximate surface area is 153 Å². The van der Waals surface area contributed by atoms with Crippen LogP contribution in [0, 0.1) is 0 Å². The molecular formula is C15H23IN4O3. The Kier molecular flexibility index (Phi) is 7.93. The topological polar surface area (TPSA) is 98.0 Å². The van der Waals surface area contributed by atoms with Crippen molar-refractivity contribution < 1.29 is 14.3 Å². The van der Waals surface area contributed by atoms with Crippen LogP contribution in [-0.4, -0.2) is 38.7 Å². The lowest BCUT2D eigenvalue weighted by Gasteiger charge is -2.09. The van der Waals surface area contributed by atoms with Gasteiger partial charge in [0.2, 0.25) is 5.91 Å². The molecule has 1 aliphatic rings. The number of carbonyl (C=O) groups is 1. The number of benzene rings is 1. The molecule has 0 radical (unpaired) electrons. The summed E-state index contributed by atoms with van der Waals surface area (Å²) in [6, 6.07) is 5.89. The van der Waals surface area contributed by atoms with E-state index in [1.54, 1.807) is 14.2 Å². The Balaban J connectivity index is 0.00000264. The van der Waals surface area contributed by atoms with E-state index in [1.165, 1.54) is 0 Å². The largest absolute Gasteiger partial charge is 0.493 e. The number of ether oxygens (including phenoxy) is 2. The fraction of sp³-hybridized carbons (Fsp3) is 0.467. The molecule has 1 saturated carbocycles. The van der Waals surface area contributed by atoms with E-state index in [0.29, 0.717) is 24.1 Å². The molecule has 23 heavy (non-hydrogen) atoms. The van der Waals surface area contributed by atoms with Crippen LogP contribution in [0.25, 0.3) is 0 Å². The molecule has 0 aliphatic heterocycles. The van der Waals surface area contributed by atoms with Crippen molar-refractivity contribution >= 4 is 35.8 Å². The monoisotopic (exact) mass is 434 g/mol. The summed E-state index contributed by atoms with van der Waals surface area (Å²) >= 11 is 0. The summed E-state index contributed by atoms with van der Waals surface area (Å²) in [4.78, 5) is 15.7. The number of aliphatic imine (C=N–C) groups is 1. The Morgan fingerprint density at radius 3 is 2.61 bits per heavy atom. The fourth-order valence-electron chi connectivity index (χ4n) is 1.89. The van der Waals surface area contributed by atoms with Crippen molar-refractivity contribution in [3.05, 3.63) is 23.8 Å². The van der Waals surface area contributed by atoms with Crippen molar-refractivity contribution in [1.29, 1.82) is 0 Å². The number of hydrogen-bond acceptors (Lipinski definition) is 4. The quantitative estimate of drug-likeness (QED) is 0.338. The molecule has 4 N–H and O–H groups in total. The van der Waals surface area contributed by atoms with Crippen LogP contribution in [0.5, 0.6) is 11.5 Å². The van der Waals surface area contributed by atoms with Crippen LogP contribution in [0.3, 0.4) is 0 Å². The van der Waals surface area contributed by atoms with Gasteiger partial charge >= 0.3 is 0 Å². The molecular weight excluding hydrogens is 411 g/mol. The summed E-state index contributed by atoms with van der Waals surface area (Å²) in [5.74, 6) is 1.48. The average molecular weight is 434 g/mol. The van der Waals surface area contributed by atoms with Crippen molar-refractivity contribution in [1.82, 2.24) is 10.6 Å². The maximum absolute atomic E-state index is 11.5. The average Bonchev–Trinajstić information content (AvgIpc) is 3.34. The third kappa shape index (κ3) is 6.51. The van der Waals surface area contributed by atoms with E-state index < -0.39 is 0 Å². The molecule has 1 aliphatic carbocycles. The van der Waals surface area contributed by atoms with Crippen LogP contribution in [0.4, 0.5) is 0 Å². The summed E-state index contributed by atoms with van der Waals surface area (Å²) in [5, 5.41) is 5.67. The highest BCUT2D eigenvalue weighted by Gasteiger charge is 2.22. The Morgan fingerprint density at radius 2 is 2.00 bits per heavy atom. The number of nitrogens with one attached hydrogen (secondary N) is 2. The van der Waals surface area contributed by atoms with Gasteiger partial charge in [0, 0.05) is 6.04 Å². The minimum Gasteiger partial charge on any atom is -0.493 e. The van der Waals surface area contributed by atoms with E-state index in [1.807, 2.05) is 18.2 Å². The number of methoxy groups -OCH3 is 2. The molecule has 8 heteroatoms. The number of guanidine groups is 1. The smallest absolute Gasteiger partial charge is 0.239 e. The molecule has 0 saturated heterocycles. The van der Waals surface area contributed by atoms with Crippen LogP contribution in [-0.2, 0) is 11.3 Å². The summed E-state index contributed by atoms with van der Waals surface area (Å²) in [6.07, 6.45) is 2.13. The first-order valence-electron chi connectivity index (χ1n) is 7.16. The number of nitrogens with zero attached hydrogens (tertiary/aromatic N) is 1. The maximum Gasteiger partial charge on any atom is 0.239 e. The predicted octanol–water partition coefficient (Wildman–Crippen LogP) is 1.00. The molecule has 0 bridgehead atoms. The highest BCUT2D eigenvalue weighted by Crippen LogP contribution is 2.27. The molecule has 1 aromatic rings. The molecule has 1 fully saturated rings. The highest BCUT2D eigenvalue weighted by molar-refractivity contribution is 14.0. The molecule has 1 amide bonds. The number of carbonyl (C=O) groups excluding carboxylic acids is 1. The maximum atomic E-state index is 11.5. The molecule has 0 spiro atoms. The van der Waals surface area contributed by atoms with E-state index in [4.69, 9.17) is 15.2 Å². The van der Waals surface area contributed by atoms with Crippen LogP contribution < -0.4 is 25.8 Å². The first-order valence-corrected chi connectivity index (χ1v) is 7.16. The zero-order chi connectivity index (χ0) is 15.9. The van der Waals surface area contributed by atoms with Crippen molar-refractivity contribution in [3.8, 4) is 11.5 Å². The molecule has 2 rings (SSSR count). The van der Waals surface area contributed by atoms with Crippen molar-refractivity contribution in [3.63, 3.8) is 0 Å². The number of rotatable bonds is 7. The van der Waals surface area contributed by atoms with E-state index in [9.17, 15) is 4.79 Å². The summed E-state index contributed by atoms with van der Waals surface area (Å²) in [6.45, 7) is 0.529. The van der Waals surface area contributed by atoms with E-state index >= 15 is 0 Å². The summed E-state index contributed by atoms with van der Waals surface area (Å²) < 4.78 is 10.4. The lowest BCUT2D eigenvalue weighted by atomic mass is 10.2. The van der Waals surface area contributed by atoms with Gasteiger partial charge < -0.3 is 25.8 Å². The normalized spacial score (nSPS) is 13.7. The molecule has 1 aromatic carbocycles. The van der Waals surface area contributed by atoms with Crippen LogP contribution in [0.1, 0.15) is 18.4 Å². The standard InChI is InChI=1S/C15H22N4O3.HI/c1-21-12-6-3-10(7-13(12)22-2)8-17-15(16)18-9-14(20)19-11-4-5-11;/h3,6-7,11H,4-5,8-9H2,1-2H3,(H,19,20)(H3,16,17,18);1H. The van der Waals surface area contributed by atoms with Gasteiger partial charge in [-0.2, -0.15) is 0 Å². The van der Waals surface area contributed by atoms with E-state index in [0.717, 1.165) is 18.4 Å². The Bertz CT molecular complexity index is 562. The molecule has 7 nitrogen and oxygen atoms in total. The molecule has 0 heterocycles. The molecule has 0 atom stereocenters. The van der Waals surface area contributed by atoms with Gasteiger partial charge in [-0.1, -0.05) is 6.07 Å². The third-order valence-corrected chi connectivity index (χ3v) is 3.25. The zero-order valence-electron chi connectivity index (χ0n) is 13.3. The third-order valence-electron chi connectivity index (χ3n) is 3.25. The second-order valence-electron chi connectivity index (χ2n) is 5.09. The van der Waals surface area contributed by atoms with Crippen LogP contribution >= 0.6 is 24.0 Å². The number of hydrogen-bond donors (Lipinski definition) is 3. The zero-order valence-corrected chi connectivity index (χ0v) is 15.6. The summed E-state index contributed by atoms with van der Waals surface area (Å²) in [7, 11) is 3.17. The molecule has 0 aromatic heterocycles. The number of halogens is 1. The molecule has 128 valence electrons. The van der Waals surface area contributed by atoms with Crippen LogP contribution in [0.15, 0.2) is 23.2 Å². The first-order chi connectivity index (χ1) is 10.6. The van der Waals surface area contributed by atoms with Gasteiger partial charge in [0.15, 0.2) is 17.5 Å². The SMILES string of the molecule is COc1ccc(CN=C(N)NCC(=O)NC2CC2)cc1OC.I. The van der Waals surface area contributed by atoms with E-state index in [-0.39, 0.29) is 42.4 Å². The number of amides is 1. The van der Waals surface area contributed by atoms with Crippen molar-refractivity contribution in [2.24, 2.45) is 10.7 Å². The second-order valence-corrected chi connectivity index (χ2v) is 5.09. The predicted molar refractivity (Wildman–Crippen MR) is 99.5 cm³/mol. The second kappa shape index (κ2) is 9.43.